The molecule has 96 valence electrons. The molecule has 2 rings (SSSR count). The fraction of sp³-hybridized carbons (Fsp3) is 0.231. The Hall–Kier alpha value is -0.970. The molecule has 0 bridgehead atoms. The van der Waals surface area contributed by atoms with Gasteiger partial charge in [0.15, 0.2) is 0 Å². The second kappa shape index (κ2) is 5.78. The van der Waals surface area contributed by atoms with E-state index in [4.69, 9.17) is 11.6 Å². The molecule has 1 nitrogen and oxygen atoms in total. The molecule has 18 heavy (non-hydrogen) atoms. The summed E-state index contributed by atoms with van der Waals surface area (Å²) in [5.74, 6) is -1.09. The summed E-state index contributed by atoms with van der Waals surface area (Å²) in [6, 6.07) is 3.88. The Labute approximate surface area is 113 Å². The Morgan fingerprint density at radius 2 is 2.11 bits per heavy atom. The van der Waals surface area contributed by atoms with Crippen molar-refractivity contribution in [3.63, 3.8) is 0 Å². The first-order valence-electron chi connectivity index (χ1n) is 5.44. The smallest absolute Gasteiger partial charge is 0.142 e. The van der Waals surface area contributed by atoms with Crippen molar-refractivity contribution in [3.8, 4) is 0 Å². The van der Waals surface area contributed by atoms with Gasteiger partial charge in [0.25, 0.3) is 0 Å². The van der Waals surface area contributed by atoms with Crippen LogP contribution in [0.4, 0.5) is 8.78 Å². The van der Waals surface area contributed by atoms with Gasteiger partial charge in [0.1, 0.15) is 11.6 Å². The molecule has 1 aromatic carbocycles. The van der Waals surface area contributed by atoms with E-state index in [2.05, 4.69) is 5.32 Å². The number of likely N-dealkylation sites (N-methyl/N-ethyl adjacent to an activating group) is 1. The molecule has 5 heteroatoms. The van der Waals surface area contributed by atoms with Gasteiger partial charge in [0, 0.05) is 11.6 Å². The first-order chi connectivity index (χ1) is 8.61. The van der Waals surface area contributed by atoms with Gasteiger partial charge in [-0.25, -0.2) is 8.78 Å². The molecule has 0 amide bonds. The van der Waals surface area contributed by atoms with E-state index in [0.29, 0.717) is 12.0 Å². The molecule has 0 saturated carbocycles. The van der Waals surface area contributed by atoms with Crippen LogP contribution in [0.5, 0.6) is 0 Å². The molecule has 0 aliphatic carbocycles. The predicted octanol–water partition coefficient (Wildman–Crippen LogP) is 4.18. The SMILES string of the molecule is CNC(Cc1ccsc1)c1cc(F)c(Cl)cc1F. The van der Waals surface area contributed by atoms with Crippen LogP contribution in [-0.4, -0.2) is 7.05 Å². The van der Waals surface area contributed by atoms with Crippen LogP contribution in [0.3, 0.4) is 0 Å². The topological polar surface area (TPSA) is 12.0 Å². The fourth-order valence-corrected chi connectivity index (χ4v) is 2.65. The Morgan fingerprint density at radius 1 is 1.33 bits per heavy atom. The molecular weight excluding hydrogens is 276 g/mol. The van der Waals surface area contributed by atoms with Crippen LogP contribution in [0, 0.1) is 11.6 Å². The fourth-order valence-electron chi connectivity index (χ4n) is 1.82. The number of nitrogens with one attached hydrogen (secondary N) is 1. The van der Waals surface area contributed by atoms with Crippen molar-refractivity contribution < 1.29 is 8.78 Å². The lowest BCUT2D eigenvalue weighted by atomic mass is 10.00. The highest BCUT2D eigenvalue weighted by molar-refractivity contribution is 7.07. The lowest BCUT2D eigenvalue weighted by Gasteiger charge is -2.17. The third-order valence-electron chi connectivity index (χ3n) is 2.78. The van der Waals surface area contributed by atoms with E-state index in [1.807, 2.05) is 16.8 Å². The van der Waals surface area contributed by atoms with Crippen LogP contribution in [0.1, 0.15) is 17.2 Å². The molecular formula is C13H12ClF2NS. The zero-order valence-electron chi connectivity index (χ0n) is 9.71. The molecule has 0 fully saturated rings. The number of hydrogen-bond donors (Lipinski definition) is 1. The lowest BCUT2D eigenvalue weighted by Crippen LogP contribution is -2.20. The number of halogens is 3. The minimum atomic E-state index is -0.598. The first-order valence-corrected chi connectivity index (χ1v) is 6.76. The van der Waals surface area contributed by atoms with Gasteiger partial charge in [0.05, 0.1) is 5.02 Å². The predicted molar refractivity (Wildman–Crippen MR) is 71.2 cm³/mol. The van der Waals surface area contributed by atoms with Crippen LogP contribution in [-0.2, 0) is 6.42 Å². The lowest BCUT2D eigenvalue weighted by molar-refractivity contribution is 0.523. The zero-order chi connectivity index (χ0) is 13.1. The number of benzene rings is 1. The third-order valence-corrected chi connectivity index (χ3v) is 3.81. The van der Waals surface area contributed by atoms with Gasteiger partial charge in [-0.2, -0.15) is 11.3 Å². The van der Waals surface area contributed by atoms with Crippen molar-refractivity contribution in [3.05, 3.63) is 56.7 Å². The van der Waals surface area contributed by atoms with Crippen LogP contribution in [0.25, 0.3) is 0 Å². The van der Waals surface area contributed by atoms with Crippen molar-refractivity contribution >= 4 is 22.9 Å². The monoisotopic (exact) mass is 287 g/mol. The molecule has 1 heterocycles. The van der Waals surface area contributed by atoms with Crippen LogP contribution in [0.2, 0.25) is 5.02 Å². The summed E-state index contributed by atoms with van der Waals surface area (Å²) in [5.41, 5.74) is 1.39. The maximum absolute atomic E-state index is 13.8. The summed E-state index contributed by atoms with van der Waals surface area (Å²) in [6.45, 7) is 0. The van der Waals surface area contributed by atoms with Gasteiger partial charge in [0.2, 0.25) is 0 Å². The second-order valence-electron chi connectivity index (χ2n) is 3.96. The molecule has 0 saturated heterocycles. The first kappa shape index (κ1) is 13.5. The summed E-state index contributed by atoms with van der Waals surface area (Å²) in [4.78, 5) is 0. The highest BCUT2D eigenvalue weighted by Gasteiger charge is 2.17. The van der Waals surface area contributed by atoms with Gasteiger partial charge in [-0.1, -0.05) is 11.6 Å². The summed E-state index contributed by atoms with van der Waals surface area (Å²) >= 11 is 7.12. The summed E-state index contributed by atoms with van der Waals surface area (Å²) in [7, 11) is 1.73. The maximum Gasteiger partial charge on any atom is 0.142 e. The van der Waals surface area contributed by atoms with Gasteiger partial charge in [-0.05, 0) is 48.0 Å². The third kappa shape index (κ3) is 2.88. The van der Waals surface area contributed by atoms with E-state index in [-0.39, 0.29) is 11.1 Å². The van der Waals surface area contributed by atoms with E-state index >= 15 is 0 Å². The largest absolute Gasteiger partial charge is 0.313 e. The Morgan fingerprint density at radius 3 is 2.72 bits per heavy atom. The van der Waals surface area contributed by atoms with E-state index < -0.39 is 11.6 Å². The van der Waals surface area contributed by atoms with Crippen molar-refractivity contribution in [1.82, 2.24) is 5.32 Å². The summed E-state index contributed by atoms with van der Waals surface area (Å²) < 4.78 is 27.2. The van der Waals surface area contributed by atoms with Crippen molar-refractivity contribution in [1.29, 1.82) is 0 Å². The Bertz CT molecular complexity index is 528. The highest BCUT2D eigenvalue weighted by atomic mass is 35.5. The molecule has 1 unspecified atom stereocenters. The van der Waals surface area contributed by atoms with Gasteiger partial charge >= 0.3 is 0 Å². The second-order valence-corrected chi connectivity index (χ2v) is 5.15. The minimum absolute atomic E-state index is 0.193. The normalized spacial score (nSPS) is 12.7. The highest BCUT2D eigenvalue weighted by Crippen LogP contribution is 2.26. The van der Waals surface area contributed by atoms with E-state index in [1.54, 1.807) is 18.4 Å². The van der Waals surface area contributed by atoms with E-state index in [1.165, 1.54) is 0 Å². The average molecular weight is 288 g/mol. The zero-order valence-corrected chi connectivity index (χ0v) is 11.3. The van der Waals surface area contributed by atoms with Gasteiger partial charge < -0.3 is 5.32 Å². The Balaban J connectivity index is 2.30. The molecule has 1 atom stereocenters. The van der Waals surface area contributed by atoms with E-state index in [0.717, 1.165) is 17.7 Å². The van der Waals surface area contributed by atoms with Gasteiger partial charge in [-0.3, -0.25) is 0 Å². The minimum Gasteiger partial charge on any atom is -0.313 e. The van der Waals surface area contributed by atoms with Crippen molar-refractivity contribution in [2.75, 3.05) is 7.05 Å². The molecule has 0 aliphatic heterocycles. The number of hydrogen-bond acceptors (Lipinski definition) is 2. The molecule has 0 aliphatic rings. The molecule has 1 aromatic heterocycles. The van der Waals surface area contributed by atoms with Crippen LogP contribution < -0.4 is 5.32 Å². The van der Waals surface area contributed by atoms with Crippen LogP contribution >= 0.6 is 22.9 Å². The molecule has 0 spiro atoms. The van der Waals surface area contributed by atoms with E-state index in [9.17, 15) is 8.78 Å². The van der Waals surface area contributed by atoms with Crippen molar-refractivity contribution in [2.45, 2.75) is 12.5 Å². The summed E-state index contributed by atoms with van der Waals surface area (Å²) in [6.07, 6.45) is 0.609. The Kier molecular flexibility index (Phi) is 4.32. The number of rotatable bonds is 4. The molecule has 0 radical (unpaired) electrons. The van der Waals surface area contributed by atoms with Crippen molar-refractivity contribution in [2.24, 2.45) is 0 Å². The molecule has 1 N–H and O–H groups in total. The van der Waals surface area contributed by atoms with Gasteiger partial charge in [-0.15, -0.1) is 0 Å². The summed E-state index contributed by atoms with van der Waals surface area (Å²) in [5, 5.41) is 6.76. The molecule has 2 aromatic rings. The number of thiophene rings is 1. The standard InChI is InChI=1S/C13H12ClF2NS/c1-17-13(4-8-2-3-18-7-8)9-5-12(16)10(14)6-11(9)15/h2-3,5-7,13,17H,4H2,1H3. The van der Waals surface area contributed by atoms with Crippen LogP contribution in [0.15, 0.2) is 29.0 Å². The quantitative estimate of drug-likeness (QED) is 0.832. The maximum atomic E-state index is 13.8. The average Bonchev–Trinajstić information content (AvgIpc) is 2.84.